The number of nitro groups is 1. The predicted molar refractivity (Wildman–Crippen MR) is 130 cm³/mol. The Morgan fingerprint density at radius 3 is 2.37 bits per heavy atom. The van der Waals surface area contributed by atoms with Gasteiger partial charge in [-0.2, -0.15) is 4.39 Å². The molecule has 0 bridgehead atoms. The maximum Gasteiger partial charge on any atom is 0.270 e. The zero-order valence-corrected chi connectivity index (χ0v) is 20.8. The highest BCUT2D eigenvalue weighted by molar-refractivity contribution is 6.16. The van der Waals surface area contributed by atoms with E-state index in [0.29, 0.717) is 0 Å². The molecule has 2 heterocycles. The van der Waals surface area contributed by atoms with Gasteiger partial charge in [-0.3, -0.25) is 39.4 Å². The van der Waals surface area contributed by atoms with Gasteiger partial charge in [0, 0.05) is 12.1 Å². The molecule has 13 heteroatoms. The Bertz CT molecular complexity index is 1300. The Morgan fingerprint density at radius 2 is 1.79 bits per heavy atom. The van der Waals surface area contributed by atoms with Gasteiger partial charge in [0.05, 0.1) is 29.3 Å². The summed E-state index contributed by atoms with van der Waals surface area (Å²) in [5, 5.41) is 18.5. The second kappa shape index (κ2) is 11.7. The lowest BCUT2D eigenvalue weighted by Gasteiger charge is -2.26. The summed E-state index contributed by atoms with van der Waals surface area (Å²) in [5.74, 6) is -7.01. The Kier molecular flexibility index (Phi) is 8.61. The van der Waals surface area contributed by atoms with E-state index >= 15 is 0 Å². The number of carbonyl (C=O) groups excluding carboxylic acids is 5. The van der Waals surface area contributed by atoms with E-state index in [1.807, 2.05) is 0 Å². The highest BCUT2D eigenvalue weighted by Crippen LogP contribution is 2.25. The number of halogens is 1. The van der Waals surface area contributed by atoms with E-state index in [-0.39, 0.29) is 16.9 Å². The summed E-state index contributed by atoms with van der Waals surface area (Å²) >= 11 is 0. The van der Waals surface area contributed by atoms with Crippen LogP contribution in [0.4, 0.5) is 10.1 Å². The standard InChI is InChI=1S/C25H26FN5O7/c1-12(2)21(22(33)20-13(3)23(34)30-25(20)36)29-19(32)11-17(14-6-4-7-15(10-14)31(37)38)28-24(35)16-8-5-9-18(26)27-16/h4-10,12-13,17,20-21H,11H2,1-3H3,(H,28,35)(H,29,32)(H,30,34,36)/t13-,17?,20+,21+/m0/s1. The number of carbonyl (C=O) groups is 5. The predicted octanol–water partition coefficient (Wildman–Crippen LogP) is 1.61. The summed E-state index contributed by atoms with van der Waals surface area (Å²) < 4.78 is 13.5. The van der Waals surface area contributed by atoms with Crippen molar-refractivity contribution in [1.82, 2.24) is 20.9 Å². The number of imide groups is 1. The molecule has 1 aromatic carbocycles. The highest BCUT2D eigenvalue weighted by Gasteiger charge is 2.46. The van der Waals surface area contributed by atoms with Gasteiger partial charge in [-0.05, 0) is 23.6 Å². The first-order valence-electron chi connectivity index (χ1n) is 11.7. The van der Waals surface area contributed by atoms with Crippen molar-refractivity contribution in [3.63, 3.8) is 0 Å². The van der Waals surface area contributed by atoms with E-state index in [1.54, 1.807) is 13.8 Å². The van der Waals surface area contributed by atoms with Crippen molar-refractivity contribution < 1.29 is 33.3 Å². The number of nitrogens with one attached hydrogen (secondary N) is 3. The molecule has 1 unspecified atom stereocenters. The SMILES string of the molecule is CC(C)[C@@H](NC(=O)CC(NC(=O)c1cccc(F)n1)c1cccc([N+](=O)[O-])c1)C(=O)[C@@H]1C(=O)NC(=O)[C@H]1C. The number of nitrogens with zero attached hydrogens (tertiary/aromatic N) is 2. The molecule has 2 aromatic rings. The zero-order chi connectivity index (χ0) is 28.1. The third-order valence-corrected chi connectivity index (χ3v) is 6.16. The fraction of sp³-hybridized carbons (Fsp3) is 0.360. The van der Waals surface area contributed by atoms with Crippen molar-refractivity contribution in [2.75, 3.05) is 0 Å². The summed E-state index contributed by atoms with van der Waals surface area (Å²) in [7, 11) is 0. The minimum atomic E-state index is -1.26. The third kappa shape index (κ3) is 6.41. The van der Waals surface area contributed by atoms with Crippen LogP contribution in [-0.4, -0.2) is 45.4 Å². The van der Waals surface area contributed by atoms with Crippen LogP contribution in [-0.2, 0) is 19.2 Å². The maximum atomic E-state index is 13.5. The number of amides is 4. The monoisotopic (exact) mass is 527 g/mol. The first-order valence-corrected chi connectivity index (χ1v) is 11.7. The number of hydrogen-bond acceptors (Lipinski definition) is 8. The Labute approximate surface area is 216 Å². The van der Waals surface area contributed by atoms with Gasteiger partial charge in [0.25, 0.3) is 11.6 Å². The van der Waals surface area contributed by atoms with Crippen molar-refractivity contribution in [3.05, 3.63) is 69.8 Å². The molecule has 200 valence electrons. The highest BCUT2D eigenvalue weighted by atomic mass is 19.1. The number of aromatic nitrogens is 1. The molecule has 4 atom stereocenters. The van der Waals surface area contributed by atoms with Crippen LogP contribution in [0.25, 0.3) is 0 Å². The van der Waals surface area contributed by atoms with Gasteiger partial charge >= 0.3 is 0 Å². The van der Waals surface area contributed by atoms with E-state index in [0.717, 1.165) is 6.07 Å². The molecule has 0 radical (unpaired) electrons. The van der Waals surface area contributed by atoms with Gasteiger partial charge in [0.15, 0.2) is 5.78 Å². The van der Waals surface area contributed by atoms with Crippen LogP contribution in [0.5, 0.6) is 0 Å². The van der Waals surface area contributed by atoms with Crippen LogP contribution in [0.3, 0.4) is 0 Å². The normalized spacial score (nSPS) is 18.4. The number of ketones is 1. The molecule has 1 saturated heterocycles. The number of hydrogen-bond donors (Lipinski definition) is 3. The summed E-state index contributed by atoms with van der Waals surface area (Å²) in [4.78, 5) is 77.1. The molecule has 3 N–H and O–H groups in total. The summed E-state index contributed by atoms with van der Waals surface area (Å²) in [6, 6.07) is 6.58. The van der Waals surface area contributed by atoms with E-state index in [2.05, 4.69) is 20.9 Å². The quantitative estimate of drug-likeness (QED) is 0.137. The molecular formula is C25H26FN5O7. The number of Topliss-reactive ketones (excluding diaryl/α,β-unsaturated/α-hetero) is 1. The topological polar surface area (TPSA) is 177 Å². The van der Waals surface area contributed by atoms with E-state index in [4.69, 9.17) is 0 Å². The molecule has 38 heavy (non-hydrogen) atoms. The van der Waals surface area contributed by atoms with Crippen molar-refractivity contribution in [1.29, 1.82) is 0 Å². The summed E-state index contributed by atoms with van der Waals surface area (Å²) in [5.41, 5.74) is -0.352. The molecule has 0 spiro atoms. The second-order valence-corrected chi connectivity index (χ2v) is 9.24. The van der Waals surface area contributed by atoms with E-state index in [1.165, 1.54) is 43.3 Å². The molecule has 1 aliphatic heterocycles. The first kappa shape index (κ1) is 28.0. The van der Waals surface area contributed by atoms with Gasteiger partial charge in [-0.15, -0.1) is 0 Å². The molecule has 1 aromatic heterocycles. The molecule has 0 aliphatic carbocycles. The largest absolute Gasteiger partial charge is 0.346 e. The lowest BCUT2D eigenvalue weighted by molar-refractivity contribution is -0.384. The minimum absolute atomic E-state index is 0.209. The van der Waals surface area contributed by atoms with Crippen LogP contribution >= 0.6 is 0 Å². The van der Waals surface area contributed by atoms with Gasteiger partial charge < -0.3 is 10.6 Å². The third-order valence-electron chi connectivity index (χ3n) is 6.16. The van der Waals surface area contributed by atoms with Gasteiger partial charge in [-0.25, -0.2) is 4.98 Å². The Hall–Kier alpha value is -4.55. The minimum Gasteiger partial charge on any atom is -0.346 e. The van der Waals surface area contributed by atoms with E-state index < -0.39 is 76.5 Å². The van der Waals surface area contributed by atoms with Crippen LogP contribution in [0.2, 0.25) is 0 Å². The fourth-order valence-electron chi connectivity index (χ4n) is 4.12. The van der Waals surface area contributed by atoms with E-state index in [9.17, 15) is 38.5 Å². The molecule has 1 aliphatic rings. The summed E-state index contributed by atoms with van der Waals surface area (Å²) in [6.45, 7) is 4.74. The van der Waals surface area contributed by atoms with Crippen LogP contribution < -0.4 is 16.0 Å². The fourth-order valence-corrected chi connectivity index (χ4v) is 4.12. The van der Waals surface area contributed by atoms with Crippen molar-refractivity contribution in [2.24, 2.45) is 17.8 Å². The lowest BCUT2D eigenvalue weighted by atomic mass is 9.85. The molecule has 0 saturated carbocycles. The zero-order valence-electron chi connectivity index (χ0n) is 20.8. The van der Waals surface area contributed by atoms with Gasteiger partial charge in [0.1, 0.15) is 11.6 Å². The first-order chi connectivity index (χ1) is 17.9. The molecule has 3 rings (SSSR count). The van der Waals surface area contributed by atoms with Gasteiger partial charge in [0.2, 0.25) is 23.7 Å². The van der Waals surface area contributed by atoms with Crippen molar-refractivity contribution in [2.45, 2.75) is 39.3 Å². The molecule has 4 amide bonds. The van der Waals surface area contributed by atoms with Crippen LogP contribution in [0.1, 0.15) is 49.3 Å². The number of non-ortho nitro benzene ring substituents is 1. The molecular weight excluding hydrogens is 501 g/mol. The Balaban J connectivity index is 1.85. The van der Waals surface area contributed by atoms with Crippen LogP contribution in [0, 0.1) is 33.8 Å². The number of rotatable bonds is 10. The van der Waals surface area contributed by atoms with Crippen molar-refractivity contribution >= 4 is 35.1 Å². The van der Waals surface area contributed by atoms with Gasteiger partial charge in [-0.1, -0.05) is 39.0 Å². The molecule has 12 nitrogen and oxygen atoms in total. The van der Waals surface area contributed by atoms with Crippen molar-refractivity contribution in [3.8, 4) is 0 Å². The maximum absolute atomic E-state index is 13.5. The molecule has 1 fully saturated rings. The average molecular weight is 528 g/mol. The summed E-state index contributed by atoms with van der Waals surface area (Å²) in [6.07, 6.45) is -0.454. The number of nitro benzene ring substituents is 1. The average Bonchev–Trinajstić information content (AvgIpc) is 3.12. The second-order valence-electron chi connectivity index (χ2n) is 9.24. The van der Waals surface area contributed by atoms with Crippen LogP contribution in [0.15, 0.2) is 42.5 Å². The number of benzene rings is 1. The Morgan fingerprint density at radius 1 is 1.11 bits per heavy atom. The lowest BCUT2D eigenvalue weighted by Crippen LogP contribution is -2.49. The smallest absolute Gasteiger partial charge is 0.270 e. The number of pyridine rings is 1.